The van der Waals surface area contributed by atoms with Crippen molar-refractivity contribution in [1.82, 2.24) is 9.88 Å². The molecule has 0 atom stereocenters. The van der Waals surface area contributed by atoms with Crippen molar-refractivity contribution in [2.45, 2.75) is 12.8 Å². The lowest BCUT2D eigenvalue weighted by Gasteiger charge is -2.27. The Balaban J connectivity index is 1.50. The van der Waals surface area contributed by atoms with Gasteiger partial charge in [0.1, 0.15) is 5.75 Å². The maximum absolute atomic E-state index is 13.3. The topological polar surface area (TPSA) is 54.9 Å². The third-order valence-electron chi connectivity index (χ3n) is 5.35. The van der Waals surface area contributed by atoms with Crippen LogP contribution in [0.5, 0.6) is 5.75 Å². The zero-order valence-electron chi connectivity index (χ0n) is 17.6. The van der Waals surface area contributed by atoms with Gasteiger partial charge in [-0.1, -0.05) is 39.4 Å². The summed E-state index contributed by atoms with van der Waals surface area (Å²) in [4.78, 5) is 22.3. The molecule has 0 unspecified atom stereocenters. The molecule has 0 aliphatic carbocycles. The van der Waals surface area contributed by atoms with Crippen molar-refractivity contribution >= 4 is 48.5 Å². The van der Waals surface area contributed by atoms with Crippen LogP contribution >= 0.6 is 27.3 Å². The highest BCUT2D eigenvalue weighted by atomic mass is 79.9. The van der Waals surface area contributed by atoms with E-state index in [-0.39, 0.29) is 5.91 Å². The molecule has 164 valence electrons. The van der Waals surface area contributed by atoms with E-state index in [9.17, 15) is 4.79 Å². The Kier molecular flexibility index (Phi) is 7.55. The summed E-state index contributed by atoms with van der Waals surface area (Å²) in [5.41, 5.74) is 1.88. The molecule has 8 heteroatoms. The van der Waals surface area contributed by atoms with E-state index >= 15 is 0 Å². The minimum absolute atomic E-state index is 0.0604. The Morgan fingerprint density at radius 1 is 1.23 bits per heavy atom. The molecule has 1 aromatic heterocycles. The van der Waals surface area contributed by atoms with Crippen LogP contribution < -0.4 is 9.64 Å². The number of hydrogen-bond donors (Lipinski definition) is 0. The Morgan fingerprint density at radius 2 is 2.00 bits per heavy atom. The Morgan fingerprint density at radius 3 is 2.74 bits per heavy atom. The van der Waals surface area contributed by atoms with E-state index in [1.54, 1.807) is 18.4 Å². The quantitative estimate of drug-likeness (QED) is 0.456. The minimum Gasteiger partial charge on any atom is -0.497 e. The Hall–Kier alpha value is -2.00. The zero-order chi connectivity index (χ0) is 21.6. The van der Waals surface area contributed by atoms with Crippen LogP contribution in [0.3, 0.4) is 0 Å². The van der Waals surface area contributed by atoms with Crippen LogP contribution in [0.25, 0.3) is 10.2 Å². The average molecular weight is 504 g/mol. The Bertz CT molecular complexity index is 1020. The van der Waals surface area contributed by atoms with Crippen molar-refractivity contribution in [1.29, 1.82) is 0 Å². The van der Waals surface area contributed by atoms with Crippen molar-refractivity contribution in [3.63, 3.8) is 0 Å². The second-order valence-electron chi connectivity index (χ2n) is 7.49. The average Bonchev–Trinajstić information content (AvgIpc) is 3.20. The molecule has 1 aliphatic rings. The van der Waals surface area contributed by atoms with E-state index in [0.717, 1.165) is 70.4 Å². The smallest absolute Gasteiger partial charge is 0.233 e. The molecule has 6 nitrogen and oxygen atoms in total. The fourth-order valence-electron chi connectivity index (χ4n) is 3.62. The van der Waals surface area contributed by atoms with E-state index in [4.69, 9.17) is 14.5 Å². The summed E-state index contributed by atoms with van der Waals surface area (Å²) in [6.45, 7) is 5.07. The van der Waals surface area contributed by atoms with E-state index < -0.39 is 0 Å². The van der Waals surface area contributed by atoms with Gasteiger partial charge in [-0.15, -0.1) is 0 Å². The molecule has 1 fully saturated rings. The van der Waals surface area contributed by atoms with Crippen molar-refractivity contribution in [3.8, 4) is 5.75 Å². The standard InChI is InChI=1S/C23H26BrN3O3S/c1-29-19-6-3-17(4-7-19)15-22(28)27(10-2-9-26-11-13-30-14-12-26)23-25-20-8-5-18(24)16-21(20)31-23/h3-8,16H,2,9-15H2,1H3. The van der Waals surface area contributed by atoms with Gasteiger partial charge in [0.25, 0.3) is 0 Å². The first kappa shape index (κ1) is 22.2. The molecule has 1 saturated heterocycles. The van der Waals surface area contributed by atoms with Crippen molar-refractivity contribution in [2.75, 3.05) is 51.4 Å². The highest BCUT2D eigenvalue weighted by Gasteiger charge is 2.21. The van der Waals surface area contributed by atoms with Crippen LogP contribution in [-0.4, -0.2) is 62.3 Å². The zero-order valence-corrected chi connectivity index (χ0v) is 20.0. The van der Waals surface area contributed by atoms with Crippen LogP contribution in [0.4, 0.5) is 5.13 Å². The van der Waals surface area contributed by atoms with E-state index in [1.807, 2.05) is 41.3 Å². The normalized spacial score (nSPS) is 14.6. The van der Waals surface area contributed by atoms with E-state index in [2.05, 4.69) is 26.9 Å². The number of anilines is 1. The number of fused-ring (bicyclic) bond motifs is 1. The summed E-state index contributed by atoms with van der Waals surface area (Å²) in [6, 6.07) is 13.7. The maximum atomic E-state index is 13.3. The second kappa shape index (κ2) is 10.5. The summed E-state index contributed by atoms with van der Waals surface area (Å²) < 4.78 is 12.7. The summed E-state index contributed by atoms with van der Waals surface area (Å²) in [5, 5.41) is 0.758. The number of hydrogen-bond acceptors (Lipinski definition) is 6. The Labute approximate surface area is 194 Å². The lowest BCUT2D eigenvalue weighted by Crippen LogP contribution is -2.39. The number of rotatable bonds is 8. The predicted octanol–water partition coefficient (Wildman–Crippen LogP) is 4.37. The minimum atomic E-state index is 0.0604. The van der Waals surface area contributed by atoms with Gasteiger partial charge in [-0.2, -0.15) is 0 Å². The molecular formula is C23H26BrN3O3S. The van der Waals surface area contributed by atoms with Gasteiger partial charge in [-0.25, -0.2) is 4.98 Å². The first-order valence-electron chi connectivity index (χ1n) is 10.4. The molecule has 1 amide bonds. The van der Waals surface area contributed by atoms with Gasteiger partial charge >= 0.3 is 0 Å². The molecule has 2 aromatic carbocycles. The first-order chi connectivity index (χ1) is 15.1. The van der Waals surface area contributed by atoms with Crippen molar-refractivity contribution in [3.05, 3.63) is 52.5 Å². The maximum Gasteiger partial charge on any atom is 0.233 e. The van der Waals surface area contributed by atoms with Crippen LogP contribution in [0, 0.1) is 0 Å². The number of amides is 1. The fraction of sp³-hybridized carbons (Fsp3) is 0.391. The van der Waals surface area contributed by atoms with Crippen LogP contribution in [0.2, 0.25) is 0 Å². The van der Waals surface area contributed by atoms with Gasteiger partial charge in [-0.05, 0) is 42.3 Å². The van der Waals surface area contributed by atoms with Gasteiger partial charge in [0.15, 0.2) is 5.13 Å². The molecule has 0 N–H and O–H groups in total. The molecule has 31 heavy (non-hydrogen) atoms. The van der Waals surface area contributed by atoms with Gasteiger partial charge in [0.05, 0.1) is 37.0 Å². The van der Waals surface area contributed by atoms with Crippen molar-refractivity contribution in [2.24, 2.45) is 0 Å². The highest BCUT2D eigenvalue weighted by Crippen LogP contribution is 2.31. The molecule has 0 bridgehead atoms. The molecule has 2 heterocycles. The SMILES string of the molecule is COc1ccc(CC(=O)N(CCCN2CCOCC2)c2nc3ccc(Br)cc3s2)cc1. The van der Waals surface area contributed by atoms with Gasteiger partial charge in [0, 0.05) is 30.7 Å². The predicted molar refractivity (Wildman–Crippen MR) is 128 cm³/mol. The molecule has 4 rings (SSSR count). The molecule has 0 saturated carbocycles. The summed E-state index contributed by atoms with van der Waals surface area (Å²) >= 11 is 5.08. The third-order valence-corrected chi connectivity index (χ3v) is 6.88. The van der Waals surface area contributed by atoms with Gasteiger partial charge in [0.2, 0.25) is 5.91 Å². The lowest BCUT2D eigenvalue weighted by molar-refractivity contribution is -0.118. The summed E-state index contributed by atoms with van der Waals surface area (Å²) in [7, 11) is 1.64. The van der Waals surface area contributed by atoms with E-state index in [0.29, 0.717) is 13.0 Å². The van der Waals surface area contributed by atoms with E-state index in [1.165, 1.54) is 0 Å². The molecular weight excluding hydrogens is 478 g/mol. The fourth-order valence-corrected chi connectivity index (χ4v) is 5.18. The largest absolute Gasteiger partial charge is 0.497 e. The molecule has 1 aliphatic heterocycles. The number of nitrogens with zero attached hydrogens (tertiary/aromatic N) is 3. The van der Waals surface area contributed by atoms with Crippen molar-refractivity contribution < 1.29 is 14.3 Å². The number of carbonyl (C=O) groups is 1. The number of benzene rings is 2. The second-order valence-corrected chi connectivity index (χ2v) is 9.41. The molecule has 0 radical (unpaired) electrons. The summed E-state index contributed by atoms with van der Waals surface area (Å²) in [5.74, 6) is 0.848. The number of methoxy groups -OCH3 is 1. The number of carbonyl (C=O) groups excluding carboxylic acids is 1. The lowest BCUT2D eigenvalue weighted by atomic mass is 10.1. The van der Waals surface area contributed by atoms with Gasteiger partial charge < -0.3 is 9.47 Å². The number of halogens is 1. The first-order valence-corrected chi connectivity index (χ1v) is 12.0. The molecule has 0 spiro atoms. The summed E-state index contributed by atoms with van der Waals surface area (Å²) in [6.07, 6.45) is 1.23. The third kappa shape index (κ3) is 5.83. The highest BCUT2D eigenvalue weighted by molar-refractivity contribution is 9.10. The number of ether oxygens (including phenoxy) is 2. The van der Waals surface area contributed by atoms with Crippen LogP contribution in [0.1, 0.15) is 12.0 Å². The van der Waals surface area contributed by atoms with Gasteiger partial charge in [-0.3, -0.25) is 14.6 Å². The number of thiazole rings is 1. The van der Waals surface area contributed by atoms with Crippen LogP contribution in [0.15, 0.2) is 46.9 Å². The number of aromatic nitrogens is 1. The number of morpholine rings is 1. The van der Waals surface area contributed by atoms with Crippen LogP contribution in [-0.2, 0) is 16.0 Å². The molecule has 3 aromatic rings. The monoisotopic (exact) mass is 503 g/mol.